The zero-order valence-electron chi connectivity index (χ0n) is 13.6. The Bertz CT molecular complexity index is 694. The molecule has 2 aromatic heterocycles. The molecular formula is C17H22N6O. The molecule has 0 aliphatic carbocycles. The predicted octanol–water partition coefficient (Wildman–Crippen LogP) is 1.57. The van der Waals surface area contributed by atoms with E-state index in [-0.39, 0.29) is 11.9 Å². The highest BCUT2D eigenvalue weighted by molar-refractivity contribution is 5.92. The number of amides is 1. The maximum atomic E-state index is 12.9. The second-order valence-electron chi connectivity index (χ2n) is 6.50. The predicted molar refractivity (Wildman–Crippen MR) is 88.4 cm³/mol. The van der Waals surface area contributed by atoms with Gasteiger partial charge in [-0.2, -0.15) is 0 Å². The Kier molecular flexibility index (Phi) is 4.25. The van der Waals surface area contributed by atoms with E-state index in [2.05, 4.69) is 20.6 Å². The van der Waals surface area contributed by atoms with Crippen LogP contribution in [-0.4, -0.2) is 50.4 Å². The molecule has 2 aliphatic heterocycles. The van der Waals surface area contributed by atoms with Crippen molar-refractivity contribution in [2.24, 2.45) is 0 Å². The first kappa shape index (κ1) is 15.3. The summed E-state index contributed by atoms with van der Waals surface area (Å²) in [7, 11) is 0. The molecule has 0 bridgehead atoms. The van der Waals surface area contributed by atoms with Gasteiger partial charge in [0.1, 0.15) is 0 Å². The summed E-state index contributed by atoms with van der Waals surface area (Å²) in [6.45, 7) is 2.75. The van der Waals surface area contributed by atoms with E-state index in [1.807, 2.05) is 27.9 Å². The number of rotatable bonds is 3. The fourth-order valence-electron chi connectivity index (χ4n) is 3.71. The number of carbonyl (C=O) groups excluding carboxylic acids is 1. The van der Waals surface area contributed by atoms with Crippen molar-refractivity contribution < 1.29 is 4.79 Å². The molecule has 0 spiro atoms. The third kappa shape index (κ3) is 2.91. The van der Waals surface area contributed by atoms with Crippen molar-refractivity contribution in [1.29, 1.82) is 0 Å². The number of carbonyl (C=O) groups is 1. The van der Waals surface area contributed by atoms with Crippen LogP contribution >= 0.6 is 0 Å². The van der Waals surface area contributed by atoms with Gasteiger partial charge in [0, 0.05) is 18.9 Å². The smallest absolute Gasteiger partial charge is 0.276 e. The summed E-state index contributed by atoms with van der Waals surface area (Å²) in [5.74, 6) is -0.0190. The molecule has 1 N–H and O–H groups in total. The lowest BCUT2D eigenvalue weighted by molar-refractivity contribution is 0.0729. The zero-order valence-corrected chi connectivity index (χ0v) is 13.6. The van der Waals surface area contributed by atoms with Gasteiger partial charge in [-0.15, -0.1) is 5.10 Å². The Hall–Kier alpha value is -2.28. The molecule has 4 rings (SSSR count). The molecule has 1 unspecified atom stereocenters. The quantitative estimate of drug-likeness (QED) is 0.927. The largest absolute Gasteiger partial charge is 0.330 e. The maximum Gasteiger partial charge on any atom is 0.276 e. The third-order valence-corrected chi connectivity index (χ3v) is 5.02. The lowest BCUT2D eigenvalue weighted by Crippen LogP contribution is -2.31. The number of piperidine rings is 1. The Morgan fingerprint density at radius 1 is 1.17 bits per heavy atom. The normalized spacial score (nSPS) is 22.0. The van der Waals surface area contributed by atoms with Crippen LogP contribution in [0.25, 0.3) is 0 Å². The van der Waals surface area contributed by atoms with Crippen molar-refractivity contribution in [3.63, 3.8) is 0 Å². The number of hydrogen-bond donors (Lipinski definition) is 1. The van der Waals surface area contributed by atoms with Crippen LogP contribution in [0, 0.1) is 0 Å². The molecule has 1 amide bonds. The van der Waals surface area contributed by atoms with E-state index in [0.717, 1.165) is 50.9 Å². The second kappa shape index (κ2) is 6.68. The summed E-state index contributed by atoms with van der Waals surface area (Å²) in [6.07, 6.45) is 9.44. The van der Waals surface area contributed by atoms with Crippen molar-refractivity contribution in [3.8, 4) is 0 Å². The minimum absolute atomic E-state index is 0.0190. The van der Waals surface area contributed by atoms with Crippen LogP contribution in [-0.2, 0) is 0 Å². The lowest BCUT2D eigenvalue weighted by atomic mass is 10.1. The van der Waals surface area contributed by atoms with Gasteiger partial charge in [0.25, 0.3) is 5.91 Å². The molecule has 0 radical (unpaired) electrons. The highest BCUT2D eigenvalue weighted by Gasteiger charge is 2.32. The fourth-order valence-corrected chi connectivity index (χ4v) is 3.71. The van der Waals surface area contributed by atoms with Gasteiger partial charge in [-0.25, -0.2) is 4.68 Å². The average Bonchev–Trinajstić information content (AvgIpc) is 3.32. The van der Waals surface area contributed by atoms with E-state index in [0.29, 0.717) is 11.7 Å². The molecule has 2 aromatic rings. The van der Waals surface area contributed by atoms with Crippen molar-refractivity contribution >= 4 is 5.91 Å². The molecule has 1 atom stereocenters. The molecule has 24 heavy (non-hydrogen) atoms. The Morgan fingerprint density at radius 2 is 1.96 bits per heavy atom. The summed E-state index contributed by atoms with van der Waals surface area (Å²) in [5.41, 5.74) is 1.59. The number of pyridine rings is 1. The van der Waals surface area contributed by atoms with Gasteiger partial charge in [-0.1, -0.05) is 5.21 Å². The monoisotopic (exact) mass is 326 g/mol. The first-order chi connectivity index (χ1) is 11.8. The molecule has 126 valence electrons. The molecular weight excluding hydrogens is 304 g/mol. The minimum Gasteiger partial charge on any atom is -0.330 e. The van der Waals surface area contributed by atoms with Crippen molar-refractivity contribution in [2.45, 2.75) is 37.8 Å². The molecule has 0 aromatic carbocycles. The van der Waals surface area contributed by atoms with Crippen LogP contribution in [0.5, 0.6) is 0 Å². The summed E-state index contributed by atoms with van der Waals surface area (Å²) < 4.78 is 1.87. The van der Waals surface area contributed by atoms with E-state index in [1.165, 1.54) is 0 Å². The molecule has 7 heteroatoms. The van der Waals surface area contributed by atoms with Gasteiger partial charge < -0.3 is 10.2 Å². The van der Waals surface area contributed by atoms with E-state index in [4.69, 9.17) is 0 Å². The standard InChI is InChI=1S/C17H22N6O/c24-17(15-12-23(21-20-15)14-5-9-19-10-6-14)22-11-1-2-16(22)13-3-7-18-8-4-13/h3-4,7-8,12,14,16,19H,1-2,5-6,9-11H2. The number of nitrogens with zero attached hydrogens (tertiary/aromatic N) is 5. The number of hydrogen-bond acceptors (Lipinski definition) is 5. The number of likely N-dealkylation sites (tertiary alicyclic amines) is 1. The molecule has 2 saturated heterocycles. The molecule has 2 aliphatic rings. The lowest BCUT2D eigenvalue weighted by Gasteiger charge is -2.24. The van der Waals surface area contributed by atoms with Crippen LogP contribution in [0.1, 0.15) is 53.8 Å². The summed E-state index contributed by atoms with van der Waals surface area (Å²) in [4.78, 5) is 18.9. The van der Waals surface area contributed by atoms with Gasteiger partial charge in [-0.3, -0.25) is 9.78 Å². The Balaban J connectivity index is 1.51. The topological polar surface area (TPSA) is 75.9 Å². The second-order valence-corrected chi connectivity index (χ2v) is 6.50. The third-order valence-electron chi connectivity index (χ3n) is 5.02. The van der Waals surface area contributed by atoms with Gasteiger partial charge in [-0.05, 0) is 56.5 Å². The Morgan fingerprint density at radius 3 is 2.75 bits per heavy atom. The van der Waals surface area contributed by atoms with Crippen LogP contribution in [0.3, 0.4) is 0 Å². The van der Waals surface area contributed by atoms with Crippen LogP contribution < -0.4 is 5.32 Å². The zero-order chi connectivity index (χ0) is 16.4. The molecule has 2 fully saturated rings. The molecule has 4 heterocycles. The van der Waals surface area contributed by atoms with E-state index < -0.39 is 0 Å². The van der Waals surface area contributed by atoms with Crippen molar-refractivity contribution in [3.05, 3.63) is 42.0 Å². The van der Waals surface area contributed by atoms with Crippen LogP contribution in [0.15, 0.2) is 30.7 Å². The Labute approximate surface area is 141 Å². The van der Waals surface area contributed by atoms with Gasteiger partial charge >= 0.3 is 0 Å². The average molecular weight is 326 g/mol. The summed E-state index contributed by atoms with van der Waals surface area (Å²) in [6, 6.07) is 4.43. The van der Waals surface area contributed by atoms with Gasteiger partial charge in [0.2, 0.25) is 0 Å². The summed E-state index contributed by atoms with van der Waals surface area (Å²) >= 11 is 0. The highest BCUT2D eigenvalue weighted by Crippen LogP contribution is 2.32. The van der Waals surface area contributed by atoms with E-state index in [9.17, 15) is 4.79 Å². The molecule has 0 saturated carbocycles. The number of aromatic nitrogens is 4. The SMILES string of the molecule is O=C(c1cn(C2CCNCC2)nn1)N1CCCC1c1ccncc1. The first-order valence-electron chi connectivity index (χ1n) is 8.66. The van der Waals surface area contributed by atoms with Crippen molar-refractivity contribution in [1.82, 2.24) is 30.2 Å². The number of nitrogens with one attached hydrogen (secondary N) is 1. The van der Waals surface area contributed by atoms with Crippen LogP contribution in [0.4, 0.5) is 0 Å². The van der Waals surface area contributed by atoms with E-state index in [1.54, 1.807) is 12.4 Å². The maximum absolute atomic E-state index is 12.9. The first-order valence-corrected chi connectivity index (χ1v) is 8.66. The highest BCUT2D eigenvalue weighted by atomic mass is 16.2. The molecule has 7 nitrogen and oxygen atoms in total. The fraction of sp³-hybridized carbons (Fsp3) is 0.529. The van der Waals surface area contributed by atoms with Crippen molar-refractivity contribution in [2.75, 3.05) is 19.6 Å². The van der Waals surface area contributed by atoms with E-state index >= 15 is 0 Å². The minimum atomic E-state index is -0.0190. The van der Waals surface area contributed by atoms with Gasteiger partial charge in [0.05, 0.1) is 18.3 Å². The van der Waals surface area contributed by atoms with Gasteiger partial charge in [0.15, 0.2) is 5.69 Å². The summed E-state index contributed by atoms with van der Waals surface area (Å²) in [5, 5.41) is 11.7. The van der Waals surface area contributed by atoms with Crippen LogP contribution in [0.2, 0.25) is 0 Å².